The topological polar surface area (TPSA) is 92.8 Å². The van der Waals surface area contributed by atoms with Crippen molar-refractivity contribution in [2.24, 2.45) is 0 Å². The monoisotopic (exact) mass is 483 g/mol. The average Bonchev–Trinajstić information content (AvgIpc) is 3.45. The fraction of sp³-hybridized carbons (Fsp3) is 0.360. The first kappa shape index (κ1) is 23.1. The van der Waals surface area contributed by atoms with Crippen LogP contribution in [-0.4, -0.2) is 39.3 Å². The first-order chi connectivity index (χ1) is 16.7. The Kier molecular flexibility index (Phi) is 5.82. The van der Waals surface area contributed by atoms with Crippen LogP contribution in [0, 0.1) is 6.92 Å². The molecule has 2 aliphatic rings. The molecular weight excluding hydrogens is 459 g/mol. The van der Waals surface area contributed by atoms with Gasteiger partial charge in [-0.3, -0.25) is 4.79 Å². The number of nitrogens with one attached hydrogen (secondary N) is 2. The molecule has 0 unspecified atom stereocenters. The molecule has 1 atom stereocenters. The lowest BCUT2D eigenvalue weighted by Gasteiger charge is -2.37. The number of H-pyrrole nitrogens is 1. The predicted octanol–water partition coefficient (Wildman–Crippen LogP) is 4.50. The number of benzene rings is 2. The highest BCUT2D eigenvalue weighted by Gasteiger charge is 2.46. The van der Waals surface area contributed by atoms with Crippen molar-refractivity contribution in [2.75, 3.05) is 6.61 Å². The van der Waals surface area contributed by atoms with E-state index in [1.165, 1.54) is 0 Å². The number of hydrogen-bond donors (Lipinski definition) is 2. The molecule has 3 aromatic rings. The van der Waals surface area contributed by atoms with Crippen LogP contribution in [0.25, 0.3) is 11.1 Å². The molecule has 1 amide bonds. The summed E-state index contributed by atoms with van der Waals surface area (Å²) in [5.74, 6) is 0.509. The number of aromatic nitrogens is 4. The number of carbonyl (C=O) groups is 1. The molecule has 2 heterocycles. The lowest BCUT2D eigenvalue weighted by atomic mass is 9.77. The summed E-state index contributed by atoms with van der Waals surface area (Å²) in [4.78, 5) is 13.4. The van der Waals surface area contributed by atoms with E-state index in [2.05, 4.69) is 25.9 Å². The molecule has 1 aliphatic carbocycles. The maximum absolute atomic E-state index is 13.4. The minimum atomic E-state index is -4.18. The van der Waals surface area contributed by atoms with E-state index in [1.807, 2.05) is 43.3 Å². The van der Waals surface area contributed by atoms with Gasteiger partial charge in [0.25, 0.3) is 5.91 Å². The third kappa shape index (κ3) is 4.65. The van der Waals surface area contributed by atoms with Crippen molar-refractivity contribution >= 4 is 17.1 Å². The van der Waals surface area contributed by atoms with Gasteiger partial charge in [-0.15, -0.1) is 10.2 Å². The molecule has 0 saturated heterocycles. The van der Waals surface area contributed by atoms with E-state index < -0.39 is 18.1 Å². The van der Waals surface area contributed by atoms with Gasteiger partial charge in [-0.25, -0.2) is 0 Å². The van der Waals surface area contributed by atoms with Crippen molar-refractivity contribution in [3.05, 3.63) is 70.5 Å². The molecule has 35 heavy (non-hydrogen) atoms. The van der Waals surface area contributed by atoms with Crippen LogP contribution in [0.5, 0.6) is 5.75 Å². The SMILES string of the molecule is Cc1ccc(C2=C(c3nn[nH]n3)C(=O)N[C@]3(CCc4cc(OCCCC(F)(F)F)ccc43)C2)cc1. The molecule has 0 fully saturated rings. The van der Waals surface area contributed by atoms with Crippen LogP contribution in [-0.2, 0) is 16.8 Å². The molecular formula is C25H24F3N5O2. The van der Waals surface area contributed by atoms with Crippen LogP contribution in [0.4, 0.5) is 13.2 Å². The van der Waals surface area contributed by atoms with Crippen molar-refractivity contribution in [1.29, 1.82) is 0 Å². The molecule has 10 heteroatoms. The number of fused-ring (bicyclic) bond motifs is 2. The Morgan fingerprint density at radius 1 is 1.14 bits per heavy atom. The van der Waals surface area contributed by atoms with Gasteiger partial charge in [-0.2, -0.15) is 18.4 Å². The Bertz CT molecular complexity index is 1270. The minimum absolute atomic E-state index is 0.00541. The molecule has 0 bridgehead atoms. The Balaban J connectivity index is 1.44. The van der Waals surface area contributed by atoms with E-state index in [0.717, 1.165) is 27.8 Å². The van der Waals surface area contributed by atoms with Gasteiger partial charge in [0.1, 0.15) is 5.75 Å². The van der Waals surface area contributed by atoms with E-state index >= 15 is 0 Å². The standard InChI is InChI=1S/C25H24F3N5O2/c1-15-3-5-16(6-4-15)19-14-24(29-23(34)21(19)22-30-32-33-31-22)11-9-17-13-18(7-8-20(17)24)35-12-2-10-25(26,27)28/h3-8,13H,2,9-12,14H2,1H3,(H,29,34)(H,30,31,32,33)/t24-/m1/s1. The first-order valence-electron chi connectivity index (χ1n) is 11.4. The Morgan fingerprint density at radius 3 is 2.66 bits per heavy atom. The largest absolute Gasteiger partial charge is 0.494 e. The summed E-state index contributed by atoms with van der Waals surface area (Å²) in [6.45, 7) is 2.00. The summed E-state index contributed by atoms with van der Waals surface area (Å²) in [5.41, 5.74) is 4.67. The maximum atomic E-state index is 13.4. The summed E-state index contributed by atoms with van der Waals surface area (Å²) in [6.07, 6.45) is -3.19. The molecule has 1 spiro atoms. The van der Waals surface area contributed by atoms with Gasteiger partial charge in [0.15, 0.2) is 0 Å². The molecule has 5 rings (SSSR count). The third-order valence-corrected chi connectivity index (χ3v) is 6.62. The minimum Gasteiger partial charge on any atom is -0.494 e. The average molecular weight is 483 g/mol. The number of tetrazole rings is 1. The number of aromatic amines is 1. The van der Waals surface area contributed by atoms with Gasteiger partial charge in [0.05, 0.1) is 17.7 Å². The van der Waals surface area contributed by atoms with Gasteiger partial charge in [-0.1, -0.05) is 35.9 Å². The van der Waals surface area contributed by atoms with E-state index in [0.29, 0.717) is 30.6 Å². The highest BCUT2D eigenvalue weighted by atomic mass is 19.4. The van der Waals surface area contributed by atoms with Crippen molar-refractivity contribution in [3.8, 4) is 5.75 Å². The van der Waals surface area contributed by atoms with Gasteiger partial charge >= 0.3 is 6.18 Å². The predicted molar refractivity (Wildman–Crippen MR) is 122 cm³/mol. The second-order valence-corrected chi connectivity index (χ2v) is 9.05. The summed E-state index contributed by atoms with van der Waals surface area (Å²) in [5, 5.41) is 17.4. The van der Waals surface area contributed by atoms with Crippen LogP contribution in [0.3, 0.4) is 0 Å². The summed E-state index contributed by atoms with van der Waals surface area (Å²) in [6, 6.07) is 13.5. The molecule has 2 N–H and O–H groups in total. The van der Waals surface area contributed by atoms with Gasteiger partial charge in [-0.05, 0) is 65.8 Å². The quantitative estimate of drug-likeness (QED) is 0.504. The van der Waals surface area contributed by atoms with Crippen molar-refractivity contribution < 1.29 is 22.7 Å². The van der Waals surface area contributed by atoms with Crippen molar-refractivity contribution in [2.45, 2.75) is 50.7 Å². The molecule has 182 valence electrons. The summed E-state index contributed by atoms with van der Waals surface area (Å²) in [7, 11) is 0. The number of carbonyl (C=O) groups excluding carboxylic acids is 1. The Morgan fingerprint density at radius 2 is 1.94 bits per heavy atom. The maximum Gasteiger partial charge on any atom is 0.389 e. The van der Waals surface area contributed by atoms with Gasteiger partial charge in [0, 0.05) is 12.8 Å². The van der Waals surface area contributed by atoms with Crippen LogP contribution in [0.2, 0.25) is 0 Å². The molecule has 7 nitrogen and oxygen atoms in total. The lowest BCUT2D eigenvalue weighted by molar-refractivity contribution is -0.136. The number of amides is 1. The highest BCUT2D eigenvalue weighted by molar-refractivity contribution is 6.27. The second-order valence-electron chi connectivity index (χ2n) is 9.05. The zero-order chi connectivity index (χ0) is 24.6. The van der Waals surface area contributed by atoms with Gasteiger partial charge in [0.2, 0.25) is 5.82 Å². The number of ether oxygens (including phenoxy) is 1. The van der Waals surface area contributed by atoms with E-state index in [9.17, 15) is 18.0 Å². The smallest absolute Gasteiger partial charge is 0.389 e. The van der Waals surface area contributed by atoms with E-state index in [-0.39, 0.29) is 24.8 Å². The lowest BCUT2D eigenvalue weighted by Crippen LogP contribution is -2.48. The number of alkyl halides is 3. The summed E-state index contributed by atoms with van der Waals surface area (Å²) < 4.78 is 42.7. The van der Waals surface area contributed by atoms with Crippen molar-refractivity contribution in [3.63, 3.8) is 0 Å². The highest BCUT2D eigenvalue weighted by Crippen LogP contribution is 2.48. The number of aryl methyl sites for hydroxylation is 2. The van der Waals surface area contributed by atoms with Crippen LogP contribution in [0.15, 0.2) is 42.5 Å². The van der Waals surface area contributed by atoms with Crippen molar-refractivity contribution in [1.82, 2.24) is 25.9 Å². The van der Waals surface area contributed by atoms with Gasteiger partial charge < -0.3 is 10.1 Å². The van der Waals surface area contributed by atoms with Crippen LogP contribution in [0.1, 0.15) is 53.8 Å². The number of halogens is 3. The van der Waals surface area contributed by atoms with Crippen LogP contribution < -0.4 is 10.1 Å². The number of rotatable bonds is 6. The first-order valence-corrected chi connectivity index (χ1v) is 11.4. The zero-order valence-corrected chi connectivity index (χ0v) is 19.1. The normalized spacial score (nSPS) is 19.7. The number of nitrogens with zero attached hydrogens (tertiary/aromatic N) is 3. The third-order valence-electron chi connectivity index (χ3n) is 6.62. The summed E-state index contributed by atoms with van der Waals surface area (Å²) >= 11 is 0. The Labute approximate surface area is 199 Å². The zero-order valence-electron chi connectivity index (χ0n) is 19.1. The van der Waals surface area contributed by atoms with E-state index in [1.54, 1.807) is 6.07 Å². The molecule has 0 saturated carbocycles. The Hall–Kier alpha value is -3.69. The molecule has 0 radical (unpaired) electrons. The van der Waals surface area contributed by atoms with E-state index in [4.69, 9.17) is 4.74 Å². The molecule has 2 aromatic carbocycles. The molecule has 1 aliphatic heterocycles. The van der Waals surface area contributed by atoms with Crippen LogP contribution >= 0.6 is 0 Å². The molecule has 1 aromatic heterocycles. The fourth-order valence-electron chi connectivity index (χ4n) is 4.95. The number of hydrogen-bond acceptors (Lipinski definition) is 5. The fourth-order valence-corrected chi connectivity index (χ4v) is 4.95. The second kappa shape index (κ2) is 8.83.